The molecule has 120 valence electrons. The number of sulfonamides is 1. The minimum Gasteiger partial charge on any atom is -0.394 e. The number of unbranched alkanes of at least 4 members (excludes halogenated alkanes) is 5. The number of benzene rings is 1. The maximum absolute atomic E-state index is 13.7. The normalized spacial score (nSPS) is 11.8. The van der Waals surface area contributed by atoms with Gasteiger partial charge in [-0.2, -0.15) is 0 Å². The van der Waals surface area contributed by atoms with Gasteiger partial charge < -0.3 is 5.73 Å². The van der Waals surface area contributed by atoms with Gasteiger partial charge in [-0.05, 0) is 18.6 Å². The van der Waals surface area contributed by atoms with Crippen LogP contribution in [0.4, 0.5) is 14.5 Å². The molecular weight excluding hydrogens is 298 g/mol. The summed E-state index contributed by atoms with van der Waals surface area (Å²) < 4.78 is 52.9. The second-order valence-corrected chi connectivity index (χ2v) is 6.67. The smallest absolute Gasteiger partial charge is 0.243 e. The lowest BCUT2D eigenvalue weighted by Crippen LogP contribution is -2.26. The van der Waals surface area contributed by atoms with E-state index in [-0.39, 0.29) is 6.54 Å². The molecule has 0 radical (unpaired) electrons. The Morgan fingerprint density at radius 2 is 1.71 bits per heavy atom. The molecule has 1 aromatic rings. The van der Waals surface area contributed by atoms with E-state index in [2.05, 4.69) is 11.6 Å². The molecule has 0 heterocycles. The minimum absolute atomic E-state index is 0.227. The van der Waals surface area contributed by atoms with Crippen LogP contribution in [-0.4, -0.2) is 15.0 Å². The van der Waals surface area contributed by atoms with Gasteiger partial charge in [0.1, 0.15) is 16.4 Å². The van der Waals surface area contributed by atoms with Crippen molar-refractivity contribution >= 4 is 15.7 Å². The highest BCUT2D eigenvalue weighted by Crippen LogP contribution is 2.22. The first-order valence-corrected chi connectivity index (χ1v) is 8.61. The van der Waals surface area contributed by atoms with Crippen molar-refractivity contribution in [2.24, 2.45) is 0 Å². The molecule has 0 amide bonds. The van der Waals surface area contributed by atoms with Crippen molar-refractivity contribution in [3.05, 3.63) is 23.8 Å². The monoisotopic (exact) mass is 320 g/mol. The van der Waals surface area contributed by atoms with Crippen molar-refractivity contribution in [2.75, 3.05) is 12.3 Å². The van der Waals surface area contributed by atoms with Crippen LogP contribution >= 0.6 is 0 Å². The van der Waals surface area contributed by atoms with Crippen LogP contribution in [0.25, 0.3) is 0 Å². The summed E-state index contributed by atoms with van der Waals surface area (Å²) in [6, 6.07) is 1.72. The van der Waals surface area contributed by atoms with Gasteiger partial charge in [0.25, 0.3) is 0 Å². The number of nitrogen functional groups attached to an aromatic ring is 1. The third-order valence-electron chi connectivity index (χ3n) is 3.20. The van der Waals surface area contributed by atoms with Gasteiger partial charge in [-0.3, -0.25) is 0 Å². The number of anilines is 1. The van der Waals surface area contributed by atoms with Crippen LogP contribution in [0, 0.1) is 11.6 Å². The van der Waals surface area contributed by atoms with Crippen LogP contribution in [0.15, 0.2) is 17.0 Å². The topological polar surface area (TPSA) is 72.2 Å². The van der Waals surface area contributed by atoms with Gasteiger partial charge in [0.15, 0.2) is 5.82 Å². The molecule has 4 nitrogen and oxygen atoms in total. The van der Waals surface area contributed by atoms with Crippen molar-refractivity contribution in [1.29, 1.82) is 0 Å². The van der Waals surface area contributed by atoms with Crippen LogP contribution in [-0.2, 0) is 10.0 Å². The Balaban J connectivity index is 2.53. The summed E-state index contributed by atoms with van der Waals surface area (Å²) in [6.45, 7) is 2.35. The second-order valence-electron chi connectivity index (χ2n) is 4.94. The van der Waals surface area contributed by atoms with Gasteiger partial charge in [0, 0.05) is 6.54 Å². The van der Waals surface area contributed by atoms with Crippen LogP contribution < -0.4 is 10.5 Å². The van der Waals surface area contributed by atoms with Crippen LogP contribution in [0.3, 0.4) is 0 Å². The van der Waals surface area contributed by atoms with Crippen LogP contribution in [0.5, 0.6) is 0 Å². The molecule has 0 aliphatic carbocycles. The predicted octanol–water partition coefficient (Wildman–Crippen LogP) is 3.19. The van der Waals surface area contributed by atoms with Crippen molar-refractivity contribution < 1.29 is 17.2 Å². The Morgan fingerprint density at radius 1 is 1.10 bits per heavy atom. The summed E-state index contributed by atoms with van der Waals surface area (Å²) in [4.78, 5) is -0.618. The number of hydrogen-bond acceptors (Lipinski definition) is 3. The highest BCUT2D eigenvalue weighted by molar-refractivity contribution is 7.89. The van der Waals surface area contributed by atoms with Gasteiger partial charge in [0.05, 0.1) is 0 Å². The quantitative estimate of drug-likeness (QED) is 0.542. The molecule has 0 atom stereocenters. The molecule has 0 bridgehead atoms. The first-order chi connectivity index (χ1) is 9.90. The molecule has 0 saturated carbocycles. The Labute approximate surface area is 124 Å². The fourth-order valence-electron chi connectivity index (χ4n) is 1.95. The highest BCUT2D eigenvalue weighted by atomic mass is 32.2. The number of hydrogen-bond donors (Lipinski definition) is 2. The lowest BCUT2D eigenvalue weighted by molar-refractivity contribution is 0.543. The molecule has 21 heavy (non-hydrogen) atoms. The molecule has 0 aliphatic rings. The number of nitrogens with two attached hydrogens (primary N) is 1. The molecule has 0 saturated heterocycles. The van der Waals surface area contributed by atoms with E-state index in [1.807, 2.05) is 0 Å². The fraction of sp³-hybridized carbons (Fsp3) is 0.571. The Morgan fingerprint density at radius 3 is 2.38 bits per heavy atom. The molecule has 7 heteroatoms. The highest BCUT2D eigenvalue weighted by Gasteiger charge is 2.21. The van der Waals surface area contributed by atoms with Gasteiger partial charge in [0.2, 0.25) is 10.0 Å². The van der Waals surface area contributed by atoms with Crippen LogP contribution in [0.2, 0.25) is 0 Å². The summed E-state index contributed by atoms with van der Waals surface area (Å²) in [6.07, 6.45) is 6.10. The summed E-state index contributed by atoms with van der Waals surface area (Å²) in [5.74, 6) is -2.21. The second kappa shape index (κ2) is 8.29. The van der Waals surface area contributed by atoms with E-state index in [9.17, 15) is 17.2 Å². The number of halogens is 2. The van der Waals surface area contributed by atoms with E-state index in [4.69, 9.17) is 5.73 Å². The summed E-state index contributed by atoms with van der Waals surface area (Å²) in [5.41, 5.74) is 4.38. The van der Waals surface area contributed by atoms with E-state index in [1.165, 1.54) is 6.42 Å². The summed E-state index contributed by atoms with van der Waals surface area (Å²) in [7, 11) is -4.00. The molecule has 0 fully saturated rings. The maximum atomic E-state index is 13.7. The van der Waals surface area contributed by atoms with Crippen LogP contribution in [0.1, 0.15) is 45.4 Å². The molecule has 0 aromatic heterocycles. The molecule has 0 unspecified atom stereocenters. The zero-order valence-electron chi connectivity index (χ0n) is 12.2. The predicted molar refractivity (Wildman–Crippen MR) is 79.3 cm³/mol. The van der Waals surface area contributed by atoms with Gasteiger partial charge in [-0.15, -0.1) is 0 Å². The van der Waals surface area contributed by atoms with Gasteiger partial charge >= 0.3 is 0 Å². The molecule has 1 rings (SSSR count). The molecular formula is C14H22F2N2O2S. The average Bonchev–Trinajstić information content (AvgIpc) is 2.43. The lowest BCUT2D eigenvalue weighted by atomic mass is 10.1. The number of nitrogens with one attached hydrogen (secondary N) is 1. The van der Waals surface area contributed by atoms with Gasteiger partial charge in [-0.25, -0.2) is 21.9 Å². The minimum atomic E-state index is -4.00. The summed E-state index contributed by atoms with van der Waals surface area (Å²) in [5, 5.41) is 0. The maximum Gasteiger partial charge on any atom is 0.243 e. The van der Waals surface area contributed by atoms with Gasteiger partial charge in [-0.1, -0.05) is 39.0 Å². The molecule has 3 N–H and O–H groups in total. The number of rotatable bonds is 9. The Kier molecular flexibility index (Phi) is 7.04. The zero-order chi connectivity index (χ0) is 15.9. The standard InChI is InChI=1S/C14H22F2N2O2S/c1-2-3-4-5-6-7-10-18-21(19,20)12-9-8-11(15)14(17)13(12)16/h8-9,18H,2-7,10,17H2,1H3. The van der Waals surface area contributed by atoms with Crippen molar-refractivity contribution in [2.45, 2.75) is 50.3 Å². The third-order valence-corrected chi connectivity index (χ3v) is 4.68. The largest absolute Gasteiger partial charge is 0.394 e. The van der Waals surface area contributed by atoms with Crippen molar-refractivity contribution in [1.82, 2.24) is 4.72 Å². The average molecular weight is 320 g/mol. The van der Waals surface area contributed by atoms with Crippen molar-refractivity contribution in [3.8, 4) is 0 Å². The summed E-state index contributed by atoms with van der Waals surface area (Å²) >= 11 is 0. The van der Waals surface area contributed by atoms with E-state index in [0.717, 1.165) is 37.8 Å². The van der Waals surface area contributed by atoms with E-state index >= 15 is 0 Å². The Hall–Kier alpha value is -1.21. The zero-order valence-corrected chi connectivity index (χ0v) is 13.0. The Bertz CT molecular complexity index is 562. The van der Waals surface area contributed by atoms with Crippen molar-refractivity contribution in [3.63, 3.8) is 0 Å². The third kappa shape index (κ3) is 5.24. The van der Waals surface area contributed by atoms with E-state index in [0.29, 0.717) is 6.42 Å². The first-order valence-electron chi connectivity index (χ1n) is 7.13. The lowest BCUT2D eigenvalue weighted by Gasteiger charge is -2.09. The molecule has 0 aliphatic heterocycles. The van der Waals surface area contributed by atoms with E-state index in [1.54, 1.807) is 0 Å². The first kappa shape index (κ1) is 17.8. The fourth-order valence-corrected chi connectivity index (χ4v) is 3.11. The van der Waals surface area contributed by atoms with E-state index < -0.39 is 32.2 Å². The molecule has 1 aromatic carbocycles. The molecule has 0 spiro atoms. The SMILES string of the molecule is CCCCCCCCNS(=O)(=O)c1ccc(F)c(N)c1F.